The molecular formula is C13H23NO. The molecule has 1 saturated carbocycles. The lowest BCUT2D eigenvalue weighted by Gasteiger charge is -2.24. The molecule has 2 nitrogen and oxygen atoms in total. The van der Waals surface area contributed by atoms with E-state index in [1.54, 1.807) is 0 Å². The van der Waals surface area contributed by atoms with Gasteiger partial charge in [-0.1, -0.05) is 13.3 Å². The average Bonchev–Trinajstić information content (AvgIpc) is 2.92. The minimum atomic E-state index is 0.552. The van der Waals surface area contributed by atoms with Crippen molar-refractivity contribution in [2.75, 3.05) is 0 Å². The second kappa shape index (κ2) is 4.06. The van der Waals surface area contributed by atoms with Crippen molar-refractivity contribution in [2.24, 2.45) is 5.92 Å². The molecule has 2 bridgehead atoms. The highest BCUT2D eigenvalue weighted by molar-refractivity contribution is 4.96. The van der Waals surface area contributed by atoms with Gasteiger partial charge in [0.1, 0.15) is 0 Å². The lowest BCUT2D eigenvalue weighted by Crippen LogP contribution is -2.42. The van der Waals surface area contributed by atoms with Crippen molar-refractivity contribution in [1.82, 2.24) is 5.32 Å². The summed E-state index contributed by atoms with van der Waals surface area (Å²) >= 11 is 0. The number of rotatable bonds is 3. The predicted molar refractivity (Wildman–Crippen MR) is 60.9 cm³/mol. The van der Waals surface area contributed by atoms with Crippen LogP contribution in [0.15, 0.2) is 0 Å². The standard InChI is InChI=1S/C13H23NO/c1-2-9-3-4-10(7-9)14-12-8-11-5-6-13(12)15-11/h9-14H,2-8H2,1H3. The molecule has 15 heavy (non-hydrogen) atoms. The topological polar surface area (TPSA) is 21.3 Å². The maximum Gasteiger partial charge on any atom is 0.0733 e. The maximum absolute atomic E-state index is 5.89. The van der Waals surface area contributed by atoms with Crippen molar-refractivity contribution >= 4 is 0 Å². The molecule has 3 fully saturated rings. The Labute approximate surface area is 92.8 Å². The van der Waals surface area contributed by atoms with Crippen LogP contribution in [0, 0.1) is 5.92 Å². The van der Waals surface area contributed by atoms with Gasteiger partial charge < -0.3 is 10.1 Å². The van der Waals surface area contributed by atoms with E-state index in [2.05, 4.69) is 12.2 Å². The van der Waals surface area contributed by atoms with Crippen molar-refractivity contribution < 1.29 is 4.74 Å². The molecule has 1 N–H and O–H groups in total. The first-order valence-electron chi connectivity index (χ1n) is 6.76. The molecule has 1 aliphatic carbocycles. The molecule has 2 heterocycles. The van der Waals surface area contributed by atoms with Gasteiger partial charge in [-0.05, 0) is 44.4 Å². The number of fused-ring (bicyclic) bond motifs is 2. The number of nitrogens with one attached hydrogen (secondary N) is 1. The molecule has 0 aromatic carbocycles. The van der Waals surface area contributed by atoms with Crippen LogP contribution in [-0.4, -0.2) is 24.3 Å². The fourth-order valence-corrected chi connectivity index (χ4v) is 3.71. The third-order valence-electron chi connectivity index (χ3n) is 4.67. The van der Waals surface area contributed by atoms with Crippen LogP contribution in [0.2, 0.25) is 0 Å². The molecule has 0 aromatic rings. The molecule has 5 atom stereocenters. The van der Waals surface area contributed by atoms with Gasteiger partial charge in [0.25, 0.3) is 0 Å². The van der Waals surface area contributed by atoms with E-state index in [0.29, 0.717) is 18.2 Å². The highest BCUT2D eigenvalue weighted by Gasteiger charge is 2.41. The molecule has 5 unspecified atom stereocenters. The fourth-order valence-electron chi connectivity index (χ4n) is 3.71. The highest BCUT2D eigenvalue weighted by atomic mass is 16.5. The summed E-state index contributed by atoms with van der Waals surface area (Å²) < 4.78 is 5.89. The number of hydrogen-bond acceptors (Lipinski definition) is 2. The van der Waals surface area contributed by atoms with E-state index in [1.807, 2.05) is 0 Å². The zero-order valence-electron chi connectivity index (χ0n) is 9.74. The van der Waals surface area contributed by atoms with Crippen molar-refractivity contribution in [3.8, 4) is 0 Å². The van der Waals surface area contributed by atoms with Gasteiger partial charge in [-0.2, -0.15) is 0 Å². The van der Waals surface area contributed by atoms with Crippen LogP contribution >= 0.6 is 0 Å². The van der Waals surface area contributed by atoms with Crippen molar-refractivity contribution in [3.05, 3.63) is 0 Å². The quantitative estimate of drug-likeness (QED) is 0.771. The second-order valence-corrected chi connectivity index (χ2v) is 5.67. The summed E-state index contributed by atoms with van der Waals surface area (Å²) in [6.07, 6.45) is 10.6. The minimum absolute atomic E-state index is 0.552. The van der Waals surface area contributed by atoms with E-state index in [9.17, 15) is 0 Å². The monoisotopic (exact) mass is 209 g/mol. The average molecular weight is 209 g/mol. The lowest BCUT2D eigenvalue weighted by atomic mass is 9.94. The normalized spacial score (nSPS) is 49.0. The van der Waals surface area contributed by atoms with Gasteiger partial charge in [0, 0.05) is 12.1 Å². The van der Waals surface area contributed by atoms with Gasteiger partial charge >= 0.3 is 0 Å². The van der Waals surface area contributed by atoms with Crippen LogP contribution in [0.3, 0.4) is 0 Å². The van der Waals surface area contributed by atoms with Crippen molar-refractivity contribution in [1.29, 1.82) is 0 Å². The van der Waals surface area contributed by atoms with Crippen LogP contribution in [-0.2, 0) is 4.74 Å². The van der Waals surface area contributed by atoms with E-state index in [4.69, 9.17) is 4.74 Å². The fraction of sp³-hybridized carbons (Fsp3) is 1.00. The summed E-state index contributed by atoms with van der Waals surface area (Å²) in [4.78, 5) is 0. The molecule has 2 saturated heterocycles. The third-order valence-corrected chi connectivity index (χ3v) is 4.67. The zero-order chi connectivity index (χ0) is 10.3. The van der Waals surface area contributed by atoms with Gasteiger partial charge in [0.05, 0.1) is 12.2 Å². The van der Waals surface area contributed by atoms with E-state index >= 15 is 0 Å². The first-order valence-corrected chi connectivity index (χ1v) is 6.76. The first-order chi connectivity index (χ1) is 7.35. The SMILES string of the molecule is CCC1CCC(NC2CC3CCC2O3)C1. The Morgan fingerprint density at radius 1 is 1.13 bits per heavy atom. The molecule has 86 valence electrons. The van der Waals surface area contributed by atoms with Gasteiger partial charge in [0.15, 0.2) is 0 Å². The minimum Gasteiger partial charge on any atom is -0.373 e. The summed E-state index contributed by atoms with van der Waals surface area (Å²) in [7, 11) is 0. The van der Waals surface area contributed by atoms with Gasteiger partial charge in [-0.15, -0.1) is 0 Å². The summed E-state index contributed by atoms with van der Waals surface area (Å²) in [5.41, 5.74) is 0. The molecule has 0 spiro atoms. The molecule has 0 aromatic heterocycles. The van der Waals surface area contributed by atoms with Crippen LogP contribution in [0.25, 0.3) is 0 Å². The molecule has 2 heteroatoms. The largest absolute Gasteiger partial charge is 0.373 e. The maximum atomic E-state index is 5.89. The van der Waals surface area contributed by atoms with Crippen molar-refractivity contribution in [2.45, 2.75) is 76.2 Å². The summed E-state index contributed by atoms with van der Waals surface area (Å²) in [6, 6.07) is 1.48. The van der Waals surface area contributed by atoms with E-state index in [0.717, 1.165) is 12.0 Å². The molecule has 3 rings (SSSR count). The number of hydrogen-bond donors (Lipinski definition) is 1. The Balaban J connectivity index is 1.50. The van der Waals surface area contributed by atoms with Gasteiger partial charge in [0.2, 0.25) is 0 Å². The first kappa shape index (κ1) is 10.1. The Kier molecular flexibility index (Phi) is 2.73. The Bertz CT molecular complexity index is 231. The van der Waals surface area contributed by atoms with Gasteiger partial charge in [-0.25, -0.2) is 0 Å². The van der Waals surface area contributed by atoms with Crippen LogP contribution in [0.1, 0.15) is 51.9 Å². The Morgan fingerprint density at radius 2 is 2.07 bits per heavy atom. The van der Waals surface area contributed by atoms with Crippen LogP contribution < -0.4 is 5.32 Å². The summed E-state index contributed by atoms with van der Waals surface area (Å²) in [5.74, 6) is 0.988. The smallest absolute Gasteiger partial charge is 0.0733 e. The van der Waals surface area contributed by atoms with E-state index in [1.165, 1.54) is 44.9 Å². The van der Waals surface area contributed by atoms with E-state index < -0.39 is 0 Å². The summed E-state index contributed by atoms with van der Waals surface area (Å²) in [5, 5.41) is 3.85. The number of ether oxygens (including phenoxy) is 1. The van der Waals surface area contributed by atoms with Crippen LogP contribution in [0.5, 0.6) is 0 Å². The predicted octanol–water partition coefficient (Wildman–Crippen LogP) is 2.47. The lowest BCUT2D eigenvalue weighted by molar-refractivity contribution is 0.0960. The molecule has 0 amide bonds. The van der Waals surface area contributed by atoms with Crippen LogP contribution in [0.4, 0.5) is 0 Å². The molecule has 3 aliphatic rings. The molecule has 0 radical (unpaired) electrons. The third kappa shape index (κ3) is 1.94. The Hall–Kier alpha value is -0.0800. The highest BCUT2D eigenvalue weighted by Crippen LogP contribution is 2.36. The molecule has 2 aliphatic heterocycles. The summed E-state index contributed by atoms with van der Waals surface area (Å²) in [6.45, 7) is 2.33. The zero-order valence-corrected chi connectivity index (χ0v) is 9.74. The van der Waals surface area contributed by atoms with E-state index in [-0.39, 0.29) is 0 Å². The van der Waals surface area contributed by atoms with Crippen molar-refractivity contribution in [3.63, 3.8) is 0 Å². The Morgan fingerprint density at radius 3 is 2.67 bits per heavy atom. The van der Waals surface area contributed by atoms with Gasteiger partial charge in [-0.3, -0.25) is 0 Å². The second-order valence-electron chi connectivity index (χ2n) is 5.67. The molecular weight excluding hydrogens is 186 g/mol.